The van der Waals surface area contributed by atoms with E-state index in [4.69, 9.17) is 18.0 Å². The molecule has 2 rings (SSSR count). The van der Waals surface area contributed by atoms with E-state index in [1.165, 1.54) is 13.0 Å². The van der Waals surface area contributed by atoms with Crippen molar-refractivity contribution in [3.8, 4) is 0 Å². The van der Waals surface area contributed by atoms with E-state index in [1.807, 2.05) is 0 Å². The number of nitrogens with two attached hydrogens (primary N) is 1. The van der Waals surface area contributed by atoms with E-state index in [2.05, 4.69) is 27.2 Å². The summed E-state index contributed by atoms with van der Waals surface area (Å²) in [5.41, 5.74) is 6.14. The van der Waals surface area contributed by atoms with Crippen LogP contribution < -0.4 is 11.1 Å². The third kappa shape index (κ3) is 3.34. The Labute approximate surface area is 106 Å². The van der Waals surface area contributed by atoms with Gasteiger partial charge in [0.1, 0.15) is 10.7 Å². The van der Waals surface area contributed by atoms with Crippen LogP contribution >= 0.6 is 12.2 Å². The first-order valence-electron chi connectivity index (χ1n) is 5.70. The summed E-state index contributed by atoms with van der Waals surface area (Å²) >= 11 is 4.88. The smallest absolute Gasteiger partial charge is 0.223 e. The first-order chi connectivity index (χ1) is 8.15. The van der Waals surface area contributed by atoms with Gasteiger partial charge in [0.25, 0.3) is 0 Å². The molecule has 0 aliphatic carbocycles. The van der Waals surface area contributed by atoms with Gasteiger partial charge < -0.3 is 16.0 Å². The van der Waals surface area contributed by atoms with E-state index in [0.717, 1.165) is 13.1 Å². The van der Waals surface area contributed by atoms with Crippen LogP contribution in [0.15, 0.2) is 12.3 Å². The summed E-state index contributed by atoms with van der Waals surface area (Å²) in [5.74, 6) is 1.27. The van der Waals surface area contributed by atoms with Crippen molar-refractivity contribution in [1.29, 1.82) is 0 Å². The molecule has 1 atom stereocenters. The molecule has 92 valence electrons. The van der Waals surface area contributed by atoms with E-state index in [0.29, 0.717) is 22.5 Å². The average Bonchev–Trinajstić information content (AvgIpc) is 2.73. The maximum absolute atomic E-state index is 5.53. The molecule has 6 heteroatoms. The Morgan fingerprint density at radius 1 is 1.71 bits per heavy atom. The zero-order chi connectivity index (χ0) is 12.3. The van der Waals surface area contributed by atoms with Crippen LogP contribution in [0.1, 0.15) is 12.1 Å². The maximum atomic E-state index is 5.53. The molecule has 1 aliphatic heterocycles. The summed E-state index contributed by atoms with van der Waals surface area (Å²) in [6.07, 6.45) is 2.89. The van der Waals surface area contributed by atoms with Crippen LogP contribution in [-0.2, 0) is 0 Å². The molecular formula is C11H17N5S. The molecule has 3 N–H and O–H groups in total. The van der Waals surface area contributed by atoms with Crippen LogP contribution in [-0.4, -0.2) is 46.5 Å². The summed E-state index contributed by atoms with van der Waals surface area (Å²) in [5, 5.41) is 3.24. The molecular weight excluding hydrogens is 234 g/mol. The van der Waals surface area contributed by atoms with Crippen LogP contribution in [0, 0.1) is 5.92 Å². The van der Waals surface area contributed by atoms with Crippen molar-refractivity contribution < 1.29 is 0 Å². The summed E-state index contributed by atoms with van der Waals surface area (Å²) in [6.45, 7) is 3.19. The highest BCUT2D eigenvalue weighted by molar-refractivity contribution is 7.80. The van der Waals surface area contributed by atoms with Gasteiger partial charge in [-0.2, -0.15) is 0 Å². The lowest BCUT2D eigenvalue weighted by molar-refractivity contribution is 0.399. The molecule has 1 saturated heterocycles. The van der Waals surface area contributed by atoms with Crippen molar-refractivity contribution in [2.24, 2.45) is 11.7 Å². The minimum atomic E-state index is 0.302. The topological polar surface area (TPSA) is 67.1 Å². The van der Waals surface area contributed by atoms with Gasteiger partial charge in [0, 0.05) is 19.3 Å². The predicted octanol–water partition coefficient (Wildman–Crippen LogP) is 0.474. The molecule has 0 spiro atoms. The van der Waals surface area contributed by atoms with E-state index < -0.39 is 0 Å². The van der Waals surface area contributed by atoms with Gasteiger partial charge >= 0.3 is 0 Å². The molecule has 0 bridgehead atoms. The Bertz CT molecular complexity index is 409. The molecule has 1 aromatic rings. The molecule has 0 radical (unpaired) electrons. The lowest BCUT2D eigenvalue weighted by Crippen LogP contribution is -2.20. The first-order valence-corrected chi connectivity index (χ1v) is 6.11. The van der Waals surface area contributed by atoms with E-state index >= 15 is 0 Å². The molecule has 1 aliphatic rings. The number of rotatable bonds is 4. The lowest BCUT2D eigenvalue weighted by Gasteiger charge is -2.11. The Balaban J connectivity index is 1.90. The van der Waals surface area contributed by atoms with Crippen LogP contribution in [0.2, 0.25) is 0 Å². The van der Waals surface area contributed by atoms with Gasteiger partial charge in [0.15, 0.2) is 0 Å². The Morgan fingerprint density at radius 3 is 3.18 bits per heavy atom. The average molecular weight is 251 g/mol. The molecule has 5 nitrogen and oxygen atoms in total. The van der Waals surface area contributed by atoms with Crippen LogP contribution in [0.25, 0.3) is 0 Å². The number of anilines is 1. The van der Waals surface area contributed by atoms with Gasteiger partial charge in [-0.15, -0.1) is 0 Å². The van der Waals surface area contributed by atoms with E-state index in [9.17, 15) is 0 Å². The number of likely N-dealkylation sites (tertiary alicyclic amines) is 1. The normalized spacial score (nSPS) is 20.4. The number of aromatic nitrogens is 2. The van der Waals surface area contributed by atoms with E-state index in [1.54, 1.807) is 12.3 Å². The van der Waals surface area contributed by atoms with Gasteiger partial charge in [-0.1, -0.05) is 12.2 Å². The van der Waals surface area contributed by atoms with Gasteiger partial charge in [-0.25, -0.2) is 9.97 Å². The maximum Gasteiger partial charge on any atom is 0.223 e. The number of thiocarbonyl (C=S) groups is 1. The second-order valence-corrected chi connectivity index (χ2v) is 4.87. The Kier molecular flexibility index (Phi) is 3.86. The molecule has 2 heterocycles. The van der Waals surface area contributed by atoms with Gasteiger partial charge in [-0.05, 0) is 32.0 Å². The summed E-state index contributed by atoms with van der Waals surface area (Å²) in [4.78, 5) is 11.0. The quantitative estimate of drug-likeness (QED) is 0.759. The van der Waals surface area contributed by atoms with Gasteiger partial charge in [0.05, 0.1) is 0 Å². The van der Waals surface area contributed by atoms with Gasteiger partial charge in [-0.3, -0.25) is 0 Å². The Hall–Kier alpha value is -1.27. The van der Waals surface area contributed by atoms with Crippen molar-refractivity contribution in [3.63, 3.8) is 0 Å². The van der Waals surface area contributed by atoms with Crippen LogP contribution in [0.5, 0.6) is 0 Å². The lowest BCUT2D eigenvalue weighted by atomic mass is 10.1. The first kappa shape index (κ1) is 12.2. The molecule has 17 heavy (non-hydrogen) atoms. The summed E-state index contributed by atoms with van der Waals surface area (Å²) < 4.78 is 0. The fourth-order valence-electron chi connectivity index (χ4n) is 2.01. The van der Waals surface area contributed by atoms with Crippen molar-refractivity contribution >= 4 is 23.2 Å². The number of nitrogens with zero attached hydrogens (tertiary/aromatic N) is 3. The fraction of sp³-hybridized carbons (Fsp3) is 0.545. The predicted molar refractivity (Wildman–Crippen MR) is 72.0 cm³/mol. The minimum absolute atomic E-state index is 0.302. The number of hydrogen-bond donors (Lipinski definition) is 2. The third-order valence-corrected chi connectivity index (χ3v) is 3.15. The molecule has 0 aromatic carbocycles. The van der Waals surface area contributed by atoms with E-state index in [-0.39, 0.29) is 0 Å². The van der Waals surface area contributed by atoms with Crippen molar-refractivity contribution in [2.75, 3.05) is 32.0 Å². The fourth-order valence-corrected chi connectivity index (χ4v) is 2.12. The highest BCUT2D eigenvalue weighted by Gasteiger charge is 2.19. The van der Waals surface area contributed by atoms with Crippen LogP contribution in [0.4, 0.5) is 5.95 Å². The highest BCUT2D eigenvalue weighted by Crippen LogP contribution is 2.14. The molecule has 1 unspecified atom stereocenters. The Morgan fingerprint density at radius 2 is 2.53 bits per heavy atom. The van der Waals surface area contributed by atoms with Gasteiger partial charge in [0.2, 0.25) is 5.95 Å². The molecule has 0 amide bonds. The van der Waals surface area contributed by atoms with Crippen LogP contribution in [0.3, 0.4) is 0 Å². The third-order valence-electron chi connectivity index (χ3n) is 2.95. The largest absolute Gasteiger partial charge is 0.388 e. The summed E-state index contributed by atoms with van der Waals surface area (Å²) in [6, 6.07) is 1.72. The molecule has 1 aromatic heterocycles. The SMILES string of the molecule is CN1CCC(CNc2nccc(C(N)=S)n2)C1. The highest BCUT2D eigenvalue weighted by atomic mass is 32.1. The standard InChI is InChI=1S/C11H17N5S/c1-16-5-3-8(7-16)6-14-11-13-4-2-9(15-11)10(12)17/h2,4,8H,3,5-7H2,1H3,(H2,12,17)(H,13,14,15). The van der Waals surface area contributed by atoms with Crippen molar-refractivity contribution in [2.45, 2.75) is 6.42 Å². The zero-order valence-corrected chi connectivity index (χ0v) is 10.7. The zero-order valence-electron chi connectivity index (χ0n) is 9.89. The van der Waals surface area contributed by atoms with Crippen molar-refractivity contribution in [1.82, 2.24) is 14.9 Å². The number of hydrogen-bond acceptors (Lipinski definition) is 5. The molecule has 1 fully saturated rings. The minimum Gasteiger partial charge on any atom is -0.388 e. The second kappa shape index (κ2) is 5.37. The molecule has 0 saturated carbocycles. The number of nitrogens with one attached hydrogen (secondary N) is 1. The monoisotopic (exact) mass is 251 g/mol. The second-order valence-electron chi connectivity index (χ2n) is 4.43. The summed E-state index contributed by atoms with van der Waals surface area (Å²) in [7, 11) is 2.14. The van der Waals surface area contributed by atoms with Crippen molar-refractivity contribution in [3.05, 3.63) is 18.0 Å².